The summed E-state index contributed by atoms with van der Waals surface area (Å²) < 4.78 is 13.0. The Labute approximate surface area is 154 Å². The smallest absolute Gasteiger partial charge is 0.182 e. The molecule has 26 heavy (non-hydrogen) atoms. The number of hydrogen-bond acceptors (Lipinski definition) is 6. The van der Waals surface area contributed by atoms with Gasteiger partial charge in [0, 0.05) is 16.9 Å². The molecule has 0 saturated heterocycles. The van der Waals surface area contributed by atoms with Crippen molar-refractivity contribution in [1.29, 1.82) is 0 Å². The SMILES string of the molecule is COc1cccc(-c2nc3c4c5c(sc4ncn3n2)COC(C)(C)C5)c1. The van der Waals surface area contributed by atoms with Crippen molar-refractivity contribution in [1.82, 2.24) is 19.6 Å². The van der Waals surface area contributed by atoms with Gasteiger partial charge in [-0.05, 0) is 31.5 Å². The Hall–Kier alpha value is -2.51. The summed E-state index contributed by atoms with van der Waals surface area (Å²) in [4.78, 5) is 11.7. The maximum Gasteiger partial charge on any atom is 0.182 e. The number of thiophene rings is 1. The number of ether oxygens (including phenoxy) is 2. The average Bonchev–Trinajstić information content (AvgIpc) is 3.21. The Kier molecular flexibility index (Phi) is 3.32. The van der Waals surface area contributed by atoms with E-state index in [1.807, 2.05) is 24.3 Å². The quantitative estimate of drug-likeness (QED) is 0.539. The topological polar surface area (TPSA) is 61.5 Å². The third-order valence-corrected chi connectivity index (χ3v) is 5.85. The van der Waals surface area contributed by atoms with Crippen LogP contribution in [0.4, 0.5) is 0 Å². The van der Waals surface area contributed by atoms with Crippen molar-refractivity contribution in [3.05, 3.63) is 41.0 Å². The molecule has 0 fully saturated rings. The summed E-state index contributed by atoms with van der Waals surface area (Å²) in [5.41, 5.74) is 2.89. The molecule has 5 rings (SSSR count). The lowest BCUT2D eigenvalue weighted by Gasteiger charge is -2.30. The van der Waals surface area contributed by atoms with Crippen molar-refractivity contribution in [3.8, 4) is 17.1 Å². The highest BCUT2D eigenvalue weighted by Crippen LogP contribution is 2.39. The molecule has 0 spiro atoms. The first kappa shape index (κ1) is 15.7. The van der Waals surface area contributed by atoms with Gasteiger partial charge in [0.05, 0.1) is 24.7 Å². The van der Waals surface area contributed by atoms with Crippen LogP contribution < -0.4 is 4.74 Å². The normalized spacial score (nSPS) is 16.1. The largest absolute Gasteiger partial charge is 0.497 e. The summed E-state index contributed by atoms with van der Waals surface area (Å²) in [6.45, 7) is 4.88. The molecule has 4 aromatic rings. The van der Waals surface area contributed by atoms with Gasteiger partial charge in [-0.25, -0.2) is 14.5 Å². The lowest BCUT2D eigenvalue weighted by atomic mass is 9.94. The zero-order valence-electron chi connectivity index (χ0n) is 14.8. The van der Waals surface area contributed by atoms with E-state index < -0.39 is 0 Å². The first-order valence-electron chi connectivity index (χ1n) is 8.48. The van der Waals surface area contributed by atoms with Crippen LogP contribution in [0.25, 0.3) is 27.3 Å². The van der Waals surface area contributed by atoms with Gasteiger partial charge in [0.15, 0.2) is 11.5 Å². The summed E-state index contributed by atoms with van der Waals surface area (Å²) >= 11 is 1.69. The second-order valence-electron chi connectivity index (χ2n) is 7.09. The van der Waals surface area contributed by atoms with Crippen molar-refractivity contribution in [2.75, 3.05) is 7.11 Å². The Morgan fingerprint density at radius 1 is 1.31 bits per heavy atom. The van der Waals surface area contributed by atoms with Gasteiger partial charge in [-0.15, -0.1) is 16.4 Å². The van der Waals surface area contributed by atoms with Gasteiger partial charge < -0.3 is 9.47 Å². The molecule has 0 radical (unpaired) electrons. The number of methoxy groups -OCH3 is 1. The second kappa shape index (κ2) is 5.49. The van der Waals surface area contributed by atoms with Gasteiger partial charge in [-0.3, -0.25) is 0 Å². The van der Waals surface area contributed by atoms with E-state index in [0.29, 0.717) is 12.4 Å². The van der Waals surface area contributed by atoms with Crippen LogP contribution in [0, 0.1) is 0 Å². The lowest BCUT2D eigenvalue weighted by Crippen LogP contribution is -2.31. The standard InChI is InChI=1S/C19H18N4O2S/c1-19(2)8-13-14(9-25-19)26-18-15(13)17-21-16(22-23(17)10-20-18)11-5-4-6-12(7-11)24-3/h4-7,10H,8-9H2,1-3H3. The summed E-state index contributed by atoms with van der Waals surface area (Å²) in [5.74, 6) is 1.46. The molecule has 0 aliphatic carbocycles. The van der Waals surface area contributed by atoms with Gasteiger partial charge in [-0.2, -0.15) is 0 Å². The van der Waals surface area contributed by atoms with Crippen LogP contribution in [0.3, 0.4) is 0 Å². The molecule has 0 atom stereocenters. The van der Waals surface area contributed by atoms with Gasteiger partial charge >= 0.3 is 0 Å². The average molecular weight is 366 g/mol. The Morgan fingerprint density at radius 2 is 2.19 bits per heavy atom. The zero-order valence-corrected chi connectivity index (χ0v) is 15.6. The van der Waals surface area contributed by atoms with Crippen LogP contribution in [0.2, 0.25) is 0 Å². The summed E-state index contributed by atoms with van der Waals surface area (Å²) in [6, 6.07) is 7.79. The van der Waals surface area contributed by atoms with Gasteiger partial charge in [0.2, 0.25) is 0 Å². The van der Waals surface area contributed by atoms with E-state index in [1.165, 1.54) is 10.4 Å². The predicted octanol–water partition coefficient (Wildman–Crippen LogP) is 3.87. The van der Waals surface area contributed by atoms with Crippen LogP contribution in [-0.4, -0.2) is 32.3 Å². The minimum atomic E-state index is -0.177. The first-order chi connectivity index (χ1) is 12.5. The zero-order chi connectivity index (χ0) is 17.9. The van der Waals surface area contributed by atoms with E-state index >= 15 is 0 Å². The molecule has 0 amide bonds. The molecule has 4 heterocycles. The molecular weight excluding hydrogens is 348 g/mol. The number of fused-ring (bicyclic) bond motifs is 5. The van der Waals surface area contributed by atoms with Crippen molar-refractivity contribution in [2.45, 2.75) is 32.5 Å². The van der Waals surface area contributed by atoms with Crippen LogP contribution in [0.15, 0.2) is 30.6 Å². The molecular formula is C19H18N4O2S. The van der Waals surface area contributed by atoms with Gasteiger partial charge in [0.25, 0.3) is 0 Å². The fourth-order valence-electron chi connectivity index (χ4n) is 3.43. The number of hydrogen-bond donors (Lipinski definition) is 0. The monoisotopic (exact) mass is 366 g/mol. The van der Waals surface area contributed by atoms with Crippen LogP contribution in [0.1, 0.15) is 24.3 Å². The molecule has 7 heteroatoms. The fraction of sp³-hybridized carbons (Fsp3) is 0.316. The molecule has 6 nitrogen and oxygen atoms in total. The second-order valence-corrected chi connectivity index (χ2v) is 8.17. The molecule has 3 aromatic heterocycles. The number of benzene rings is 1. The Morgan fingerprint density at radius 3 is 3.04 bits per heavy atom. The van der Waals surface area contributed by atoms with E-state index in [0.717, 1.165) is 33.6 Å². The first-order valence-corrected chi connectivity index (χ1v) is 9.30. The maximum atomic E-state index is 5.96. The number of nitrogens with zero attached hydrogens (tertiary/aromatic N) is 4. The van der Waals surface area contributed by atoms with Crippen molar-refractivity contribution in [3.63, 3.8) is 0 Å². The Bertz CT molecular complexity index is 1150. The highest BCUT2D eigenvalue weighted by molar-refractivity contribution is 7.19. The summed E-state index contributed by atoms with van der Waals surface area (Å²) in [7, 11) is 1.66. The van der Waals surface area contributed by atoms with Crippen molar-refractivity contribution in [2.24, 2.45) is 0 Å². The fourth-order valence-corrected chi connectivity index (χ4v) is 4.49. The van der Waals surface area contributed by atoms with E-state index in [4.69, 9.17) is 14.5 Å². The minimum absolute atomic E-state index is 0.177. The van der Waals surface area contributed by atoms with Gasteiger partial charge in [-0.1, -0.05) is 12.1 Å². The van der Waals surface area contributed by atoms with E-state index in [2.05, 4.69) is 23.9 Å². The molecule has 1 aliphatic rings. The highest BCUT2D eigenvalue weighted by atomic mass is 32.1. The van der Waals surface area contributed by atoms with Crippen LogP contribution >= 0.6 is 11.3 Å². The molecule has 0 unspecified atom stereocenters. The molecule has 0 bridgehead atoms. The Balaban J connectivity index is 1.73. The van der Waals surface area contributed by atoms with Gasteiger partial charge in [0.1, 0.15) is 16.9 Å². The number of rotatable bonds is 2. The third kappa shape index (κ3) is 2.39. The molecule has 0 saturated carbocycles. The van der Waals surface area contributed by atoms with E-state index in [1.54, 1.807) is 29.3 Å². The van der Waals surface area contributed by atoms with E-state index in [-0.39, 0.29) is 5.60 Å². The molecule has 1 aromatic carbocycles. The lowest BCUT2D eigenvalue weighted by molar-refractivity contribution is -0.0379. The highest BCUT2D eigenvalue weighted by Gasteiger charge is 2.30. The summed E-state index contributed by atoms with van der Waals surface area (Å²) in [6.07, 6.45) is 2.59. The van der Waals surface area contributed by atoms with Crippen LogP contribution in [0.5, 0.6) is 5.75 Å². The summed E-state index contributed by atoms with van der Waals surface area (Å²) in [5, 5.41) is 5.74. The van der Waals surface area contributed by atoms with Crippen molar-refractivity contribution < 1.29 is 9.47 Å². The predicted molar refractivity (Wildman–Crippen MR) is 101 cm³/mol. The van der Waals surface area contributed by atoms with Crippen molar-refractivity contribution >= 4 is 27.2 Å². The molecule has 1 aliphatic heterocycles. The molecule has 0 N–H and O–H groups in total. The van der Waals surface area contributed by atoms with E-state index in [9.17, 15) is 0 Å². The minimum Gasteiger partial charge on any atom is -0.497 e. The number of aromatic nitrogens is 4. The van der Waals surface area contributed by atoms with Crippen LogP contribution in [-0.2, 0) is 17.8 Å². The third-order valence-electron chi connectivity index (χ3n) is 4.74. The molecule has 132 valence electrons. The maximum absolute atomic E-state index is 5.96.